The van der Waals surface area contributed by atoms with Crippen LogP contribution in [0.4, 0.5) is 11.5 Å². The summed E-state index contributed by atoms with van der Waals surface area (Å²) in [7, 11) is 1.94. The molecule has 0 bridgehead atoms. The molecule has 3 aromatic rings. The second-order valence-electron chi connectivity index (χ2n) is 5.45. The number of aryl methyl sites for hydroxylation is 1. The number of ether oxygens (including phenoxy) is 1. The number of aromatic nitrogens is 2. The van der Waals surface area contributed by atoms with Crippen LogP contribution in [0.15, 0.2) is 48.5 Å². The summed E-state index contributed by atoms with van der Waals surface area (Å²) >= 11 is 0. The smallest absolute Gasteiger partial charge is 0.376 e. The van der Waals surface area contributed by atoms with Crippen LogP contribution in [0.5, 0.6) is 0 Å². The maximum absolute atomic E-state index is 12.1. The van der Waals surface area contributed by atoms with Crippen LogP contribution in [0.2, 0.25) is 0 Å². The van der Waals surface area contributed by atoms with Gasteiger partial charge in [-0.05, 0) is 37.6 Å². The van der Waals surface area contributed by atoms with Gasteiger partial charge in [-0.1, -0.05) is 30.3 Å². The van der Waals surface area contributed by atoms with Crippen LogP contribution in [-0.4, -0.2) is 29.6 Å². The molecule has 0 radical (unpaired) electrons. The predicted octanol–water partition coefficient (Wildman–Crippen LogP) is 3.88. The van der Waals surface area contributed by atoms with Crippen molar-refractivity contribution >= 4 is 28.4 Å². The number of rotatable bonds is 4. The molecular formula is C19H19N3O2. The first kappa shape index (κ1) is 15.9. The van der Waals surface area contributed by atoms with E-state index in [4.69, 9.17) is 4.74 Å². The molecule has 0 amide bonds. The van der Waals surface area contributed by atoms with E-state index in [1.54, 1.807) is 6.92 Å². The Hall–Kier alpha value is -2.95. The van der Waals surface area contributed by atoms with E-state index in [9.17, 15) is 4.79 Å². The molecule has 122 valence electrons. The lowest BCUT2D eigenvalue weighted by Crippen LogP contribution is -2.17. The maximum Gasteiger partial charge on any atom is 0.376 e. The van der Waals surface area contributed by atoms with Crippen molar-refractivity contribution in [3.05, 3.63) is 59.9 Å². The third kappa shape index (κ3) is 2.93. The standard InChI is InChI=1S/C19H19N3O2/c1-4-24-19(23)17-20-15-11-7-6-10-14(15)18(21-17)22(3)16-12-8-5-9-13(16)2/h5-12H,4H2,1-3H3. The van der Waals surface area contributed by atoms with Crippen molar-refractivity contribution in [2.24, 2.45) is 0 Å². The topological polar surface area (TPSA) is 55.3 Å². The molecule has 0 atom stereocenters. The lowest BCUT2D eigenvalue weighted by atomic mass is 10.1. The highest BCUT2D eigenvalue weighted by atomic mass is 16.5. The first-order chi connectivity index (χ1) is 11.6. The minimum atomic E-state index is -0.511. The minimum Gasteiger partial charge on any atom is -0.460 e. The van der Waals surface area contributed by atoms with Crippen molar-refractivity contribution in [1.29, 1.82) is 0 Å². The van der Waals surface area contributed by atoms with Gasteiger partial charge in [-0.2, -0.15) is 0 Å². The van der Waals surface area contributed by atoms with E-state index in [0.717, 1.165) is 16.6 Å². The van der Waals surface area contributed by atoms with Gasteiger partial charge in [0.15, 0.2) is 0 Å². The van der Waals surface area contributed by atoms with Gasteiger partial charge in [-0.3, -0.25) is 0 Å². The molecule has 0 saturated heterocycles. The second kappa shape index (κ2) is 6.66. The Balaban J connectivity index is 2.18. The zero-order valence-electron chi connectivity index (χ0n) is 14.0. The van der Waals surface area contributed by atoms with Crippen LogP contribution < -0.4 is 4.90 Å². The van der Waals surface area contributed by atoms with E-state index in [0.29, 0.717) is 11.3 Å². The quantitative estimate of drug-likeness (QED) is 0.683. The number of esters is 1. The van der Waals surface area contributed by atoms with E-state index in [1.807, 2.05) is 67.4 Å². The number of carbonyl (C=O) groups is 1. The van der Waals surface area contributed by atoms with E-state index in [1.165, 1.54) is 0 Å². The number of benzene rings is 2. The summed E-state index contributed by atoms with van der Waals surface area (Å²) in [6.45, 7) is 4.10. The summed E-state index contributed by atoms with van der Waals surface area (Å²) in [5, 5.41) is 0.885. The average Bonchev–Trinajstić information content (AvgIpc) is 2.61. The third-order valence-electron chi connectivity index (χ3n) is 3.84. The van der Waals surface area contributed by atoms with Gasteiger partial charge in [0.25, 0.3) is 0 Å². The van der Waals surface area contributed by atoms with Crippen LogP contribution >= 0.6 is 0 Å². The monoisotopic (exact) mass is 321 g/mol. The van der Waals surface area contributed by atoms with Gasteiger partial charge >= 0.3 is 5.97 Å². The van der Waals surface area contributed by atoms with E-state index in [2.05, 4.69) is 9.97 Å². The summed E-state index contributed by atoms with van der Waals surface area (Å²) < 4.78 is 5.06. The number of anilines is 2. The van der Waals surface area contributed by atoms with Gasteiger partial charge in [0, 0.05) is 18.1 Å². The maximum atomic E-state index is 12.1. The fraction of sp³-hybridized carbons (Fsp3) is 0.211. The van der Waals surface area contributed by atoms with Crippen LogP contribution in [0.1, 0.15) is 23.1 Å². The van der Waals surface area contributed by atoms with Gasteiger partial charge in [0.1, 0.15) is 5.82 Å². The van der Waals surface area contributed by atoms with Crippen molar-refractivity contribution in [2.45, 2.75) is 13.8 Å². The number of hydrogen-bond donors (Lipinski definition) is 0. The molecule has 0 saturated carbocycles. The highest BCUT2D eigenvalue weighted by Gasteiger charge is 2.18. The molecule has 5 nitrogen and oxygen atoms in total. The zero-order valence-corrected chi connectivity index (χ0v) is 14.0. The molecule has 0 fully saturated rings. The van der Waals surface area contributed by atoms with Crippen molar-refractivity contribution in [3.8, 4) is 0 Å². The molecule has 0 aliphatic carbocycles. The molecule has 0 N–H and O–H groups in total. The van der Waals surface area contributed by atoms with E-state index in [-0.39, 0.29) is 12.4 Å². The fourth-order valence-corrected chi connectivity index (χ4v) is 2.66. The molecule has 0 unspecified atom stereocenters. The minimum absolute atomic E-state index is 0.0750. The van der Waals surface area contributed by atoms with Crippen LogP contribution in [0, 0.1) is 6.92 Å². The molecule has 1 aromatic heterocycles. The normalized spacial score (nSPS) is 10.6. The lowest BCUT2D eigenvalue weighted by Gasteiger charge is -2.22. The molecule has 0 aliphatic rings. The Kier molecular flexibility index (Phi) is 4.42. The second-order valence-corrected chi connectivity index (χ2v) is 5.45. The Morgan fingerprint density at radius 1 is 1.08 bits per heavy atom. The molecule has 0 aliphatic heterocycles. The Morgan fingerprint density at radius 3 is 2.54 bits per heavy atom. The highest BCUT2D eigenvalue weighted by Crippen LogP contribution is 2.30. The van der Waals surface area contributed by atoms with E-state index < -0.39 is 5.97 Å². The van der Waals surface area contributed by atoms with Gasteiger partial charge in [-0.15, -0.1) is 0 Å². The van der Waals surface area contributed by atoms with Crippen molar-refractivity contribution in [1.82, 2.24) is 9.97 Å². The number of para-hydroxylation sites is 2. The zero-order chi connectivity index (χ0) is 17.1. The first-order valence-electron chi connectivity index (χ1n) is 7.85. The number of nitrogens with zero attached hydrogens (tertiary/aromatic N) is 3. The molecule has 5 heteroatoms. The fourth-order valence-electron chi connectivity index (χ4n) is 2.66. The van der Waals surface area contributed by atoms with Gasteiger partial charge in [0.05, 0.1) is 12.1 Å². The Morgan fingerprint density at radius 2 is 1.79 bits per heavy atom. The SMILES string of the molecule is CCOC(=O)c1nc(N(C)c2ccccc2C)c2ccccc2n1. The molecule has 0 spiro atoms. The van der Waals surface area contributed by atoms with Crippen LogP contribution in [0.3, 0.4) is 0 Å². The number of carbonyl (C=O) groups excluding carboxylic acids is 1. The van der Waals surface area contributed by atoms with Crippen molar-refractivity contribution in [3.63, 3.8) is 0 Å². The predicted molar refractivity (Wildman–Crippen MR) is 94.7 cm³/mol. The first-order valence-corrected chi connectivity index (χ1v) is 7.85. The van der Waals surface area contributed by atoms with Gasteiger partial charge in [-0.25, -0.2) is 14.8 Å². The summed E-state index contributed by atoms with van der Waals surface area (Å²) in [5.41, 5.74) is 2.86. The summed E-state index contributed by atoms with van der Waals surface area (Å²) in [5.74, 6) is 0.242. The largest absolute Gasteiger partial charge is 0.460 e. The van der Waals surface area contributed by atoms with Gasteiger partial charge < -0.3 is 9.64 Å². The summed E-state index contributed by atoms with van der Waals surface area (Å²) in [4.78, 5) is 22.9. The third-order valence-corrected chi connectivity index (χ3v) is 3.84. The molecular weight excluding hydrogens is 302 g/mol. The number of hydrogen-bond acceptors (Lipinski definition) is 5. The van der Waals surface area contributed by atoms with Crippen LogP contribution in [0.25, 0.3) is 10.9 Å². The van der Waals surface area contributed by atoms with Crippen molar-refractivity contribution < 1.29 is 9.53 Å². The van der Waals surface area contributed by atoms with Crippen molar-refractivity contribution in [2.75, 3.05) is 18.6 Å². The molecule has 1 heterocycles. The van der Waals surface area contributed by atoms with Gasteiger partial charge in [0.2, 0.25) is 5.82 Å². The summed E-state index contributed by atoms with van der Waals surface area (Å²) in [6, 6.07) is 15.7. The average molecular weight is 321 g/mol. The lowest BCUT2D eigenvalue weighted by molar-refractivity contribution is 0.0512. The Labute approximate surface area is 140 Å². The molecule has 24 heavy (non-hydrogen) atoms. The van der Waals surface area contributed by atoms with E-state index >= 15 is 0 Å². The number of fused-ring (bicyclic) bond motifs is 1. The van der Waals surface area contributed by atoms with Crippen LogP contribution in [-0.2, 0) is 4.74 Å². The highest BCUT2D eigenvalue weighted by molar-refractivity contribution is 5.95. The molecule has 3 rings (SSSR count). The molecule has 2 aromatic carbocycles. The summed E-state index contributed by atoms with van der Waals surface area (Å²) in [6.07, 6.45) is 0. The Bertz CT molecular complexity index is 893.